The molecule has 0 heterocycles. The van der Waals surface area contributed by atoms with Crippen molar-refractivity contribution in [2.24, 2.45) is 17.6 Å². The first-order chi connectivity index (χ1) is 13.4. The van der Waals surface area contributed by atoms with Crippen LogP contribution in [0.5, 0.6) is 0 Å². The molecule has 0 aliphatic rings. The maximum Gasteiger partial charge on any atom is 0.239 e. The summed E-state index contributed by atoms with van der Waals surface area (Å²) in [6, 6.07) is -0.816. The fourth-order valence-electron chi connectivity index (χ4n) is 3.18. The van der Waals surface area contributed by atoms with Gasteiger partial charge in [0.25, 0.3) is 0 Å². The molecule has 0 spiro atoms. The zero-order valence-corrected chi connectivity index (χ0v) is 19.5. The molecule has 0 saturated carbocycles. The van der Waals surface area contributed by atoms with Crippen molar-refractivity contribution in [1.29, 1.82) is 0 Å². The fraction of sp³-hybridized carbons (Fsp3) is 0.857. The summed E-state index contributed by atoms with van der Waals surface area (Å²) in [5.74, 6) is -0.303. The standard InChI is InChI=1S/C21H42N4O4/c1-9-10-16(23-7)20(28)24-21(6,13-26)29-18(15(4)5)12-25(8)17(19(22)27)11-14(2)3/h13-18,23H,9-12H2,1-8H3,(H2,22,27)(H,24,28). The maximum absolute atomic E-state index is 12.5. The molecule has 0 saturated heterocycles. The Hall–Kier alpha value is -1.51. The molecule has 0 bridgehead atoms. The van der Waals surface area contributed by atoms with Gasteiger partial charge in [-0.05, 0) is 45.7 Å². The van der Waals surface area contributed by atoms with E-state index in [0.29, 0.717) is 31.6 Å². The first-order valence-electron chi connectivity index (χ1n) is 10.5. The summed E-state index contributed by atoms with van der Waals surface area (Å²) in [7, 11) is 3.54. The Kier molecular flexibility index (Phi) is 12.3. The van der Waals surface area contributed by atoms with E-state index in [-0.39, 0.29) is 23.8 Å². The van der Waals surface area contributed by atoms with Crippen LogP contribution < -0.4 is 16.4 Å². The molecule has 8 nitrogen and oxygen atoms in total. The topological polar surface area (TPSA) is 114 Å². The lowest BCUT2D eigenvalue weighted by molar-refractivity contribution is -0.159. The van der Waals surface area contributed by atoms with E-state index in [9.17, 15) is 14.4 Å². The van der Waals surface area contributed by atoms with Crippen LogP contribution >= 0.6 is 0 Å². The molecule has 0 aliphatic carbocycles. The highest BCUT2D eigenvalue weighted by Crippen LogP contribution is 2.18. The number of primary amides is 1. The normalized spacial score (nSPS) is 17.1. The molecule has 4 atom stereocenters. The third-order valence-electron chi connectivity index (χ3n) is 5.00. The zero-order valence-electron chi connectivity index (χ0n) is 19.5. The highest BCUT2D eigenvalue weighted by atomic mass is 16.5. The first kappa shape index (κ1) is 27.5. The van der Waals surface area contributed by atoms with Crippen molar-refractivity contribution in [3.05, 3.63) is 0 Å². The molecule has 0 aromatic rings. The molecule has 4 unspecified atom stereocenters. The molecule has 0 aliphatic heterocycles. The minimum atomic E-state index is -1.46. The van der Waals surface area contributed by atoms with Crippen molar-refractivity contribution in [3.63, 3.8) is 0 Å². The number of nitrogens with zero attached hydrogens (tertiary/aromatic N) is 1. The Bertz CT molecular complexity index is 527. The van der Waals surface area contributed by atoms with Crippen LogP contribution in [-0.2, 0) is 19.1 Å². The lowest BCUT2D eigenvalue weighted by Gasteiger charge is -2.37. The number of nitrogens with one attached hydrogen (secondary N) is 2. The number of carbonyl (C=O) groups excluding carboxylic acids is 3. The predicted octanol–water partition coefficient (Wildman–Crippen LogP) is 1.28. The maximum atomic E-state index is 12.5. The van der Waals surface area contributed by atoms with E-state index in [2.05, 4.69) is 10.6 Å². The van der Waals surface area contributed by atoms with Crippen molar-refractivity contribution >= 4 is 18.1 Å². The van der Waals surface area contributed by atoms with Gasteiger partial charge in [-0.25, -0.2) is 0 Å². The van der Waals surface area contributed by atoms with E-state index in [1.54, 1.807) is 14.0 Å². The number of hydrogen-bond acceptors (Lipinski definition) is 6. The molecular formula is C21H42N4O4. The highest BCUT2D eigenvalue weighted by molar-refractivity contribution is 5.85. The van der Waals surface area contributed by atoms with E-state index in [1.165, 1.54) is 0 Å². The summed E-state index contributed by atoms with van der Waals surface area (Å²) in [5, 5.41) is 5.68. The second-order valence-electron chi connectivity index (χ2n) is 8.73. The number of aldehydes is 1. The number of carbonyl (C=O) groups is 3. The molecule has 0 aromatic carbocycles. The molecule has 2 amide bonds. The van der Waals surface area contributed by atoms with Gasteiger partial charge in [0.1, 0.15) is 0 Å². The Morgan fingerprint density at radius 3 is 2.21 bits per heavy atom. The summed E-state index contributed by atoms with van der Waals surface area (Å²) in [6.07, 6.45) is 2.35. The highest BCUT2D eigenvalue weighted by Gasteiger charge is 2.35. The van der Waals surface area contributed by atoms with Crippen LogP contribution in [0, 0.1) is 11.8 Å². The Morgan fingerprint density at radius 1 is 1.24 bits per heavy atom. The third kappa shape index (κ3) is 9.69. The average molecular weight is 415 g/mol. The van der Waals surface area contributed by atoms with Crippen LogP contribution in [0.2, 0.25) is 0 Å². The largest absolute Gasteiger partial charge is 0.368 e. The van der Waals surface area contributed by atoms with Crippen LogP contribution in [0.3, 0.4) is 0 Å². The van der Waals surface area contributed by atoms with Crippen LogP contribution in [0.15, 0.2) is 0 Å². The minimum absolute atomic E-state index is 0.0527. The van der Waals surface area contributed by atoms with Gasteiger partial charge in [-0.1, -0.05) is 41.0 Å². The monoisotopic (exact) mass is 414 g/mol. The molecule has 0 radical (unpaired) electrons. The predicted molar refractivity (Wildman–Crippen MR) is 115 cm³/mol. The molecule has 0 rings (SSSR count). The van der Waals surface area contributed by atoms with Crippen molar-refractivity contribution in [1.82, 2.24) is 15.5 Å². The third-order valence-corrected chi connectivity index (χ3v) is 5.00. The first-order valence-corrected chi connectivity index (χ1v) is 10.5. The number of ether oxygens (including phenoxy) is 1. The smallest absolute Gasteiger partial charge is 0.239 e. The Morgan fingerprint density at radius 2 is 1.83 bits per heavy atom. The van der Waals surface area contributed by atoms with Gasteiger partial charge >= 0.3 is 0 Å². The lowest BCUT2D eigenvalue weighted by Crippen LogP contribution is -2.58. The van der Waals surface area contributed by atoms with Gasteiger partial charge in [-0.3, -0.25) is 19.3 Å². The number of rotatable bonds is 15. The summed E-state index contributed by atoms with van der Waals surface area (Å²) < 4.78 is 6.08. The van der Waals surface area contributed by atoms with Crippen LogP contribution in [0.1, 0.15) is 60.8 Å². The minimum Gasteiger partial charge on any atom is -0.368 e. The van der Waals surface area contributed by atoms with Gasteiger partial charge in [0.2, 0.25) is 11.8 Å². The summed E-state index contributed by atoms with van der Waals surface area (Å²) in [6.45, 7) is 12.0. The van der Waals surface area contributed by atoms with E-state index in [4.69, 9.17) is 10.5 Å². The van der Waals surface area contributed by atoms with Crippen molar-refractivity contribution in [2.45, 2.75) is 84.7 Å². The van der Waals surface area contributed by atoms with Crippen molar-refractivity contribution < 1.29 is 19.1 Å². The lowest BCUT2D eigenvalue weighted by atomic mass is 10.00. The van der Waals surface area contributed by atoms with E-state index < -0.39 is 17.8 Å². The van der Waals surface area contributed by atoms with Crippen molar-refractivity contribution in [3.8, 4) is 0 Å². The van der Waals surface area contributed by atoms with Gasteiger partial charge in [-0.2, -0.15) is 0 Å². The van der Waals surface area contributed by atoms with E-state index in [1.807, 2.05) is 46.6 Å². The number of nitrogens with two attached hydrogens (primary N) is 1. The second-order valence-corrected chi connectivity index (χ2v) is 8.73. The molecule has 0 aromatic heterocycles. The average Bonchev–Trinajstić information content (AvgIpc) is 2.62. The molecular weight excluding hydrogens is 372 g/mol. The molecule has 8 heteroatoms. The van der Waals surface area contributed by atoms with Gasteiger partial charge in [-0.15, -0.1) is 0 Å². The van der Waals surface area contributed by atoms with Gasteiger partial charge in [0.15, 0.2) is 12.0 Å². The SMILES string of the molecule is CCCC(NC)C(=O)NC(C)(C=O)OC(CN(C)C(CC(C)C)C(N)=O)C(C)C. The quantitative estimate of drug-likeness (QED) is 0.275. The number of hydrogen-bond donors (Lipinski definition) is 3. The van der Waals surface area contributed by atoms with E-state index >= 15 is 0 Å². The molecule has 170 valence electrons. The Labute approximate surface area is 176 Å². The zero-order chi connectivity index (χ0) is 22.8. The van der Waals surface area contributed by atoms with E-state index in [0.717, 1.165) is 6.42 Å². The van der Waals surface area contributed by atoms with Crippen LogP contribution in [0.25, 0.3) is 0 Å². The van der Waals surface area contributed by atoms with Gasteiger partial charge in [0, 0.05) is 6.54 Å². The van der Waals surface area contributed by atoms with Gasteiger partial charge < -0.3 is 21.1 Å². The van der Waals surface area contributed by atoms with Crippen molar-refractivity contribution in [2.75, 3.05) is 20.6 Å². The number of amides is 2. The summed E-state index contributed by atoms with van der Waals surface area (Å²) in [4.78, 5) is 38.1. The molecule has 29 heavy (non-hydrogen) atoms. The summed E-state index contributed by atoms with van der Waals surface area (Å²) >= 11 is 0. The fourth-order valence-corrected chi connectivity index (χ4v) is 3.18. The Balaban J connectivity index is 5.33. The van der Waals surface area contributed by atoms with Crippen LogP contribution in [0.4, 0.5) is 0 Å². The summed E-state index contributed by atoms with van der Waals surface area (Å²) in [5.41, 5.74) is 4.13. The molecule has 4 N–H and O–H groups in total. The van der Waals surface area contributed by atoms with Crippen LogP contribution in [-0.4, -0.2) is 67.6 Å². The van der Waals surface area contributed by atoms with Gasteiger partial charge in [0.05, 0.1) is 18.2 Å². The number of likely N-dealkylation sites (N-methyl/N-ethyl adjacent to an activating group) is 2. The second kappa shape index (κ2) is 12.9. The molecule has 0 fully saturated rings.